The molecule has 1 saturated heterocycles. The number of thiophene rings is 1. The van der Waals surface area contributed by atoms with Gasteiger partial charge in [-0.3, -0.25) is 4.79 Å². The van der Waals surface area contributed by atoms with Crippen LogP contribution < -0.4 is 0 Å². The number of aromatic nitrogens is 1. The Labute approximate surface area is 131 Å². The van der Waals surface area contributed by atoms with Crippen LogP contribution in [0.5, 0.6) is 0 Å². The molecule has 0 aromatic carbocycles. The highest BCUT2D eigenvalue weighted by Crippen LogP contribution is 2.32. The Morgan fingerprint density at radius 3 is 3.19 bits per heavy atom. The summed E-state index contributed by atoms with van der Waals surface area (Å²) in [6, 6.07) is 4.30. The van der Waals surface area contributed by atoms with Gasteiger partial charge in [0.1, 0.15) is 10.7 Å². The molecule has 2 atom stereocenters. The van der Waals surface area contributed by atoms with Crippen molar-refractivity contribution < 1.29 is 9.53 Å². The number of morpholine rings is 1. The lowest BCUT2D eigenvalue weighted by molar-refractivity contribution is -0.0447. The molecule has 1 aliphatic carbocycles. The van der Waals surface area contributed by atoms with Crippen LogP contribution in [-0.4, -0.2) is 41.1 Å². The van der Waals surface area contributed by atoms with Crippen LogP contribution in [0.3, 0.4) is 0 Å². The summed E-state index contributed by atoms with van der Waals surface area (Å²) in [6.45, 7) is 1.33. The van der Waals surface area contributed by atoms with Crippen LogP contribution in [-0.2, 0) is 4.74 Å². The molecule has 4 nitrogen and oxygen atoms in total. The maximum Gasteiger partial charge on any atom is 0.273 e. The van der Waals surface area contributed by atoms with Crippen molar-refractivity contribution in [3.05, 3.63) is 28.6 Å². The van der Waals surface area contributed by atoms with Gasteiger partial charge in [-0.15, -0.1) is 22.7 Å². The van der Waals surface area contributed by atoms with E-state index in [1.54, 1.807) is 22.7 Å². The molecule has 1 saturated carbocycles. The van der Waals surface area contributed by atoms with E-state index in [0.29, 0.717) is 18.8 Å². The van der Waals surface area contributed by atoms with Gasteiger partial charge in [0.05, 0.1) is 23.6 Å². The monoisotopic (exact) mass is 320 g/mol. The first-order chi connectivity index (χ1) is 10.3. The van der Waals surface area contributed by atoms with Gasteiger partial charge in [0, 0.05) is 11.9 Å². The predicted molar refractivity (Wildman–Crippen MR) is 83.8 cm³/mol. The van der Waals surface area contributed by atoms with Gasteiger partial charge in [0.2, 0.25) is 0 Å². The number of rotatable bonds is 2. The van der Waals surface area contributed by atoms with Crippen molar-refractivity contribution >= 4 is 28.6 Å². The average Bonchev–Trinajstić information content (AvgIpc) is 3.23. The molecular weight excluding hydrogens is 304 g/mol. The average molecular weight is 320 g/mol. The molecule has 4 rings (SSSR count). The molecule has 110 valence electrons. The van der Waals surface area contributed by atoms with Crippen LogP contribution in [0.4, 0.5) is 0 Å². The Morgan fingerprint density at radius 2 is 2.33 bits per heavy atom. The Kier molecular flexibility index (Phi) is 3.52. The first kappa shape index (κ1) is 13.4. The Bertz CT molecular complexity index is 638. The van der Waals surface area contributed by atoms with Gasteiger partial charge in [-0.2, -0.15) is 0 Å². The van der Waals surface area contributed by atoms with Gasteiger partial charge in [-0.05, 0) is 30.7 Å². The van der Waals surface area contributed by atoms with Crippen molar-refractivity contribution in [1.29, 1.82) is 0 Å². The smallest absolute Gasteiger partial charge is 0.273 e. The Hall–Kier alpha value is -1.24. The second kappa shape index (κ2) is 5.51. The topological polar surface area (TPSA) is 42.4 Å². The Morgan fingerprint density at radius 1 is 1.38 bits per heavy atom. The third-order valence-electron chi connectivity index (χ3n) is 4.20. The van der Waals surface area contributed by atoms with Crippen LogP contribution in [0.2, 0.25) is 0 Å². The van der Waals surface area contributed by atoms with Gasteiger partial charge in [0.15, 0.2) is 0 Å². The molecule has 2 aromatic heterocycles. The van der Waals surface area contributed by atoms with Gasteiger partial charge in [-0.25, -0.2) is 4.98 Å². The van der Waals surface area contributed by atoms with Crippen LogP contribution in [0.25, 0.3) is 9.88 Å². The predicted octanol–water partition coefficient (Wildman–Crippen LogP) is 3.27. The van der Waals surface area contributed by atoms with E-state index < -0.39 is 0 Å². The molecule has 2 aromatic rings. The standard InChI is InChI=1S/C15H16N2O2S2/c18-15(17-6-7-19-12-4-1-3-11(12)17)10-9-21-14(16-10)13-5-2-8-20-13/h2,5,8-9,11-12H,1,3-4,6-7H2/t11-,12-/m1/s1. The van der Waals surface area contributed by atoms with Crippen LogP contribution >= 0.6 is 22.7 Å². The molecule has 0 bridgehead atoms. The fourth-order valence-electron chi connectivity index (χ4n) is 3.21. The number of carbonyl (C=O) groups is 1. The number of hydrogen-bond donors (Lipinski definition) is 0. The summed E-state index contributed by atoms with van der Waals surface area (Å²) in [5, 5.41) is 4.85. The minimum Gasteiger partial charge on any atom is -0.374 e. The van der Waals surface area contributed by atoms with Gasteiger partial charge >= 0.3 is 0 Å². The van der Waals surface area contributed by atoms with E-state index in [0.717, 1.165) is 29.1 Å². The molecule has 21 heavy (non-hydrogen) atoms. The van der Waals surface area contributed by atoms with Crippen molar-refractivity contribution in [2.45, 2.75) is 31.4 Å². The summed E-state index contributed by atoms with van der Waals surface area (Å²) in [7, 11) is 0. The van der Waals surface area contributed by atoms with Crippen molar-refractivity contribution in [2.24, 2.45) is 0 Å². The second-order valence-corrected chi connectivity index (χ2v) is 7.23. The van der Waals surface area contributed by atoms with Crippen LogP contribution in [0.1, 0.15) is 29.8 Å². The van der Waals surface area contributed by atoms with Gasteiger partial charge in [-0.1, -0.05) is 6.07 Å². The molecule has 0 unspecified atom stereocenters. The minimum absolute atomic E-state index is 0.0641. The maximum atomic E-state index is 12.7. The zero-order chi connectivity index (χ0) is 14.2. The molecule has 1 amide bonds. The zero-order valence-corrected chi connectivity index (χ0v) is 13.2. The minimum atomic E-state index is 0.0641. The van der Waals surface area contributed by atoms with E-state index in [2.05, 4.69) is 4.98 Å². The summed E-state index contributed by atoms with van der Waals surface area (Å²) in [6.07, 6.45) is 3.51. The zero-order valence-electron chi connectivity index (χ0n) is 11.5. The van der Waals surface area contributed by atoms with E-state index in [-0.39, 0.29) is 18.1 Å². The number of ether oxygens (including phenoxy) is 1. The number of thiazole rings is 1. The quantitative estimate of drug-likeness (QED) is 0.853. The molecule has 2 fully saturated rings. The SMILES string of the molecule is O=C(c1csc(-c2cccs2)n1)N1CCO[C@@H]2CCC[C@H]21. The third-order valence-corrected chi connectivity index (χ3v) is 6.08. The number of nitrogens with zero attached hydrogens (tertiary/aromatic N) is 2. The highest BCUT2D eigenvalue weighted by Gasteiger charge is 2.39. The van der Waals surface area contributed by atoms with Gasteiger partial charge < -0.3 is 9.64 Å². The third kappa shape index (κ3) is 2.41. The van der Waals surface area contributed by atoms with E-state index >= 15 is 0 Å². The van der Waals surface area contributed by atoms with Crippen molar-refractivity contribution in [2.75, 3.05) is 13.2 Å². The number of hydrogen-bond acceptors (Lipinski definition) is 5. The van der Waals surface area contributed by atoms with E-state index in [1.807, 2.05) is 27.8 Å². The number of fused-ring (bicyclic) bond motifs is 1. The van der Waals surface area contributed by atoms with Crippen LogP contribution in [0.15, 0.2) is 22.9 Å². The lowest BCUT2D eigenvalue weighted by atomic mass is 10.1. The summed E-state index contributed by atoms with van der Waals surface area (Å²) in [5.74, 6) is 0.0641. The first-order valence-electron chi connectivity index (χ1n) is 7.25. The van der Waals surface area contributed by atoms with Gasteiger partial charge in [0.25, 0.3) is 5.91 Å². The Balaban J connectivity index is 1.57. The summed E-state index contributed by atoms with van der Waals surface area (Å²) in [5.41, 5.74) is 0.580. The molecular formula is C15H16N2O2S2. The fraction of sp³-hybridized carbons (Fsp3) is 0.467. The molecule has 3 heterocycles. The fourth-order valence-corrected chi connectivity index (χ4v) is 4.82. The normalized spacial score (nSPS) is 25.0. The largest absolute Gasteiger partial charge is 0.374 e. The van der Waals surface area contributed by atoms with E-state index in [9.17, 15) is 4.79 Å². The molecule has 1 aliphatic heterocycles. The van der Waals surface area contributed by atoms with E-state index in [1.165, 1.54) is 0 Å². The molecule has 0 N–H and O–H groups in total. The van der Waals surface area contributed by atoms with E-state index in [4.69, 9.17) is 4.74 Å². The maximum absolute atomic E-state index is 12.7. The van der Waals surface area contributed by atoms with Crippen molar-refractivity contribution in [3.8, 4) is 9.88 Å². The van der Waals surface area contributed by atoms with Crippen molar-refractivity contribution in [3.63, 3.8) is 0 Å². The lowest BCUT2D eigenvalue weighted by Crippen LogP contribution is -2.51. The molecule has 6 heteroatoms. The highest BCUT2D eigenvalue weighted by atomic mass is 32.1. The first-order valence-corrected chi connectivity index (χ1v) is 9.01. The summed E-state index contributed by atoms with van der Waals surface area (Å²) in [4.78, 5) is 20.4. The number of carbonyl (C=O) groups excluding carboxylic acids is 1. The van der Waals surface area contributed by atoms with Crippen LogP contribution in [0, 0.1) is 0 Å². The summed E-state index contributed by atoms with van der Waals surface area (Å²) >= 11 is 3.20. The highest BCUT2D eigenvalue weighted by molar-refractivity contribution is 7.20. The second-order valence-electron chi connectivity index (χ2n) is 5.42. The summed E-state index contributed by atoms with van der Waals surface area (Å²) < 4.78 is 5.77. The van der Waals surface area contributed by atoms with Crippen molar-refractivity contribution in [1.82, 2.24) is 9.88 Å². The molecule has 0 spiro atoms. The molecule has 0 radical (unpaired) electrons. The number of amides is 1. The lowest BCUT2D eigenvalue weighted by Gasteiger charge is -2.37. The molecule has 2 aliphatic rings.